The van der Waals surface area contributed by atoms with E-state index in [-0.39, 0.29) is 16.3 Å². The summed E-state index contributed by atoms with van der Waals surface area (Å²) in [5, 5.41) is 8.77. The maximum Gasteiger partial charge on any atom is 0.184 e. The molecule has 0 heterocycles. The molecule has 0 saturated heterocycles. The average molecular weight is 200 g/mol. The van der Waals surface area contributed by atoms with Crippen LogP contribution < -0.4 is 4.74 Å². The number of hydrogen-bond donors (Lipinski definition) is 0. The maximum atomic E-state index is 13.3. The highest BCUT2D eigenvalue weighted by atomic mass is 35.5. The van der Waals surface area contributed by atoms with Crippen molar-refractivity contribution >= 4 is 11.6 Å². The second-order valence-electron chi connectivity index (χ2n) is 2.51. The quantitative estimate of drug-likeness (QED) is 0.697. The first-order valence-electron chi connectivity index (χ1n) is 3.54. The van der Waals surface area contributed by atoms with E-state index in [2.05, 4.69) is 0 Å². The molecule has 0 saturated carbocycles. The fraction of sp³-hybridized carbons (Fsp3) is 0.222. The third kappa shape index (κ3) is 1.58. The molecule has 0 atom stereocenters. The largest absolute Gasteiger partial charge is 0.492 e. The third-order valence-electron chi connectivity index (χ3n) is 1.67. The Morgan fingerprint density at radius 3 is 2.69 bits per heavy atom. The molecule has 0 fully saturated rings. The van der Waals surface area contributed by atoms with Crippen molar-refractivity contribution in [3.63, 3.8) is 0 Å². The van der Waals surface area contributed by atoms with Gasteiger partial charge in [0, 0.05) is 0 Å². The zero-order valence-corrected chi connectivity index (χ0v) is 7.94. The van der Waals surface area contributed by atoms with Crippen LogP contribution in [0.2, 0.25) is 5.02 Å². The SMILES string of the molecule is COc1c(F)c(C#N)cc(C)c1Cl. The second kappa shape index (κ2) is 3.63. The minimum absolute atomic E-state index is 0.0567. The molecule has 0 amide bonds. The van der Waals surface area contributed by atoms with Gasteiger partial charge in [-0.15, -0.1) is 0 Å². The highest BCUT2D eigenvalue weighted by Crippen LogP contribution is 2.32. The van der Waals surface area contributed by atoms with Crippen LogP contribution in [0.4, 0.5) is 4.39 Å². The second-order valence-corrected chi connectivity index (χ2v) is 2.89. The lowest BCUT2D eigenvalue weighted by molar-refractivity contribution is 0.386. The topological polar surface area (TPSA) is 33.0 Å². The summed E-state index contributed by atoms with van der Waals surface area (Å²) in [6, 6.07) is 3.11. The molecule has 0 aliphatic heterocycles. The summed E-state index contributed by atoms with van der Waals surface area (Å²) in [6.07, 6.45) is 0. The van der Waals surface area contributed by atoms with Crippen molar-refractivity contribution in [3.05, 3.63) is 28.0 Å². The van der Waals surface area contributed by atoms with Crippen LogP contribution in [0.25, 0.3) is 0 Å². The monoisotopic (exact) mass is 199 g/mol. The third-order valence-corrected chi connectivity index (χ3v) is 2.14. The standard InChI is InChI=1S/C9H7ClFNO/c1-5-3-6(4-12)8(11)9(13-2)7(5)10/h3H,1-2H3. The van der Waals surface area contributed by atoms with Crippen molar-refractivity contribution in [3.8, 4) is 11.8 Å². The van der Waals surface area contributed by atoms with Crippen LogP contribution in [-0.2, 0) is 0 Å². The minimum Gasteiger partial charge on any atom is -0.492 e. The molecular formula is C9H7ClFNO. The number of benzene rings is 1. The first-order valence-corrected chi connectivity index (χ1v) is 3.92. The van der Waals surface area contributed by atoms with Gasteiger partial charge in [-0.25, -0.2) is 4.39 Å². The smallest absolute Gasteiger partial charge is 0.184 e. The summed E-state index contributed by atoms with van der Waals surface area (Å²) in [4.78, 5) is 0. The van der Waals surface area contributed by atoms with Crippen molar-refractivity contribution in [2.24, 2.45) is 0 Å². The molecule has 0 aliphatic carbocycles. The molecule has 0 spiro atoms. The molecule has 0 unspecified atom stereocenters. The van der Waals surface area contributed by atoms with Crippen LogP contribution in [0.15, 0.2) is 6.07 Å². The van der Waals surface area contributed by atoms with E-state index >= 15 is 0 Å². The Bertz CT molecular complexity index is 384. The van der Waals surface area contributed by atoms with Gasteiger partial charge in [-0.1, -0.05) is 11.6 Å². The number of nitrogens with zero attached hydrogens (tertiary/aromatic N) is 1. The molecular weight excluding hydrogens is 193 g/mol. The number of halogens is 2. The van der Waals surface area contributed by atoms with Crippen LogP contribution >= 0.6 is 11.6 Å². The highest BCUT2D eigenvalue weighted by molar-refractivity contribution is 6.32. The number of nitriles is 1. The predicted molar refractivity (Wildman–Crippen MR) is 47.4 cm³/mol. The van der Waals surface area contributed by atoms with Crippen LogP contribution in [0.1, 0.15) is 11.1 Å². The molecule has 1 aromatic carbocycles. The lowest BCUT2D eigenvalue weighted by atomic mass is 10.1. The molecule has 1 rings (SSSR count). The van der Waals surface area contributed by atoms with Crippen molar-refractivity contribution in [1.29, 1.82) is 5.26 Å². The first kappa shape index (κ1) is 9.82. The van der Waals surface area contributed by atoms with Gasteiger partial charge in [-0.2, -0.15) is 5.26 Å². The van der Waals surface area contributed by atoms with E-state index in [1.165, 1.54) is 13.2 Å². The Morgan fingerprint density at radius 1 is 1.62 bits per heavy atom. The van der Waals surface area contributed by atoms with E-state index in [4.69, 9.17) is 21.6 Å². The van der Waals surface area contributed by atoms with Crippen molar-refractivity contribution in [2.45, 2.75) is 6.92 Å². The lowest BCUT2D eigenvalue weighted by Gasteiger charge is -2.07. The summed E-state index contributed by atoms with van der Waals surface area (Å²) >= 11 is 5.75. The number of methoxy groups -OCH3 is 1. The molecule has 0 bridgehead atoms. The number of ether oxygens (including phenoxy) is 1. The molecule has 2 nitrogen and oxygen atoms in total. The zero-order valence-electron chi connectivity index (χ0n) is 7.19. The van der Waals surface area contributed by atoms with Gasteiger partial charge in [-0.3, -0.25) is 0 Å². The number of aryl methyl sites for hydroxylation is 1. The van der Waals surface area contributed by atoms with Crippen molar-refractivity contribution in [2.75, 3.05) is 7.11 Å². The normalized spacial score (nSPS) is 9.46. The van der Waals surface area contributed by atoms with Gasteiger partial charge in [0.05, 0.1) is 17.7 Å². The van der Waals surface area contributed by atoms with Crippen LogP contribution in [-0.4, -0.2) is 7.11 Å². The van der Waals surface area contributed by atoms with E-state index in [0.29, 0.717) is 5.56 Å². The number of hydrogen-bond acceptors (Lipinski definition) is 2. The first-order chi connectivity index (χ1) is 6.11. The van der Waals surface area contributed by atoms with Crippen molar-refractivity contribution < 1.29 is 9.13 Å². The van der Waals surface area contributed by atoms with E-state index in [1.807, 2.05) is 0 Å². The summed E-state index contributed by atoms with van der Waals surface area (Å²) < 4.78 is 18.0. The van der Waals surface area contributed by atoms with Crippen LogP contribution in [0.5, 0.6) is 5.75 Å². The summed E-state index contributed by atoms with van der Waals surface area (Å²) in [5.74, 6) is -0.779. The van der Waals surface area contributed by atoms with E-state index in [0.717, 1.165) is 0 Å². The van der Waals surface area contributed by atoms with E-state index in [1.54, 1.807) is 13.0 Å². The number of rotatable bonds is 1. The Morgan fingerprint density at radius 2 is 2.23 bits per heavy atom. The molecule has 4 heteroatoms. The molecule has 68 valence electrons. The van der Waals surface area contributed by atoms with Crippen LogP contribution in [0.3, 0.4) is 0 Å². The van der Waals surface area contributed by atoms with Crippen molar-refractivity contribution in [1.82, 2.24) is 0 Å². The summed E-state index contributed by atoms with van der Waals surface area (Å²) in [7, 11) is 1.31. The minimum atomic E-state index is -0.708. The molecule has 13 heavy (non-hydrogen) atoms. The summed E-state index contributed by atoms with van der Waals surface area (Å²) in [6.45, 7) is 1.69. The fourth-order valence-electron chi connectivity index (χ4n) is 1.00. The Labute approximate surface area is 80.5 Å². The molecule has 0 radical (unpaired) electrons. The molecule has 0 N–H and O–H groups in total. The van der Waals surface area contributed by atoms with E-state index < -0.39 is 5.82 Å². The highest BCUT2D eigenvalue weighted by Gasteiger charge is 2.15. The Hall–Kier alpha value is -1.27. The average Bonchev–Trinajstić information content (AvgIpc) is 2.12. The van der Waals surface area contributed by atoms with Crippen LogP contribution in [0, 0.1) is 24.1 Å². The van der Waals surface area contributed by atoms with Gasteiger partial charge in [0.25, 0.3) is 0 Å². The molecule has 1 aromatic rings. The van der Waals surface area contributed by atoms with Gasteiger partial charge in [0.15, 0.2) is 11.6 Å². The molecule has 0 aliphatic rings. The van der Waals surface area contributed by atoms with Gasteiger partial charge in [0.2, 0.25) is 0 Å². The molecule has 0 aromatic heterocycles. The van der Waals surface area contributed by atoms with Gasteiger partial charge < -0.3 is 4.74 Å². The van der Waals surface area contributed by atoms with E-state index in [9.17, 15) is 4.39 Å². The summed E-state index contributed by atoms with van der Waals surface area (Å²) in [5.41, 5.74) is 0.565. The Balaban J connectivity index is 3.50. The van der Waals surface area contributed by atoms with Gasteiger partial charge in [0.1, 0.15) is 6.07 Å². The van der Waals surface area contributed by atoms with Gasteiger partial charge >= 0.3 is 0 Å². The predicted octanol–water partition coefficient (Wildman–Crippen LogP) is 2.67. The van der Waals surface area contributed by atoms with Gasteiger partial charge in [-0.05, 0) is 18.6 Å². The fourth-order valence-corrected chi connectivity index (χ4v) is 1.22. The zero-order chi connectivity index (χ0) is 10.0. The maximum absolute atomic E-state index is 13.3. The Kier molecular flexibility index (Phi) is 2.74. The lowest BCUT2D eigenvalue weighted by Crippen LogP contribution is -1.95.